The van der Waals surface area contributed by atoms with Crippen LogP contribution in [0, 0.1) is 23.0 Å². The minimum atomic E-state index is -4.78. The predicted molar refractivity (Wildman–Crippen MR) is 122 cm³/mol. The molecule has 1 atom stereocenters. The summed E-state index contributed by atoms with van der Waals surface area (Å²) in [5.41, 5.74) is -0.270. The molecule has 2 aromatic carbocycles. The normalized spacial score (nSPS) is 16.3. The Kier molecular flexibility index (Phi) is 7.43. The van der Waals surface area contributed by atoms with Gasteiger partial charge in [-0.2, -0.15) is 22.7 Å². The fraction of sp³-hybridized carbons (Fsp3) is 0.250. The maximum absolute atomic E-state index is 14.6. The molecule has 198 valence electrons. The highest BCUT2D eigenvalue weighted by molar-refractivity contribution is 7.89. The first-order valence-corrected chi connectivity index (χ1v) is 12.5. The van der Waals surface area contributed by atoms with E-state index in [1.165, 1.54) is 6.07 Å². The Hall–Kier alpha value is -3.96. The summed E-state index contributed by atoms with van der Waals surface area (Å²) in [5.74, 6) is -3.60. The molecule has 3 aromatic rings. The van der Waals surface area contributed by atoms with Gasteiger partial charge in [0.05, 0.1) is 16.5 Å². The Morgan fingerprint density at radius 3 is 2.39 bits per heavy atom. The Morgan fingerprint density at radius 2 is 1.79 bits per heavy atom. The molecular formula is C24H18F5N5O3S. The van der Waals surface area contributed by atoms with Crippen molar-refractivity contribution in [3.8, 4) is 17.2 Å². The molecule has 4 rings (SSSR count). The SMILES string of the molecule is N#Cc1cc(F)c(-c2cnc(C(F)(F)F)nc2)cc1CNC(=O)[C@@H]1CCCN1S(=O)(=O)c1ccc(F)cc1. The van der Waals surface area contributed by atoms with E-state index in [1.807, 2.05) is 0 Å². The predicted octanol–water partition coefficient (Wildman–Crippen LogP) is 3.78. The maximum Gasteiger partial charge on any atom is 0.451 e. The van der Waals surface area contributed by atoms with Crippen molar-refractivity contribution in [1.29, 1.82) is 5.26 Å². The Morgan fingerprint density at radius 1 is 1.13 bits per heavy atom. The van der Waals surface area contributed by atoms with Crippen LogP contribution < -0.4 is 5.32 Å². The van der Waals surface area contributed by atoms with Gasteiger partial charge in [0, 0.05) is 36.6 Å². The lowest BCUT2D eigenvalue weighted by molar-refractivity contribution is -0.145. The number of amides is 1. The van der Waals surface area contributed by atoms with E-state index >= 15 is 0 Å². The quantitative estimate of drug-likeness (QED) is 0.467. The number of carbonyl (C=O) groups excluding carboxylic acids is 1. The third kappa shape index (κ3) is 5.48. The summed E-state index contributed by atoms with van der Waals surface area (Å²) in [7, 11) is -4.10. The van der Waals surface area contributed by atoms with Crippen LogP contribution in [0.1, 0.15) is 29.8 Å². The van der Waals surface area contributed by atoms with Crippen molar-refractivity contribution in [1.82, 2.24) is 19.6 Å². The standard InChI is InChI=1S/C24H18F5N5O3S/c25-17-3-5-18(6-4-17)38(36,37)34-7-1-2-21(34)22(35)31-11-15-8-19(20(26)9-14(15)10-30)16-12-32-23(33-13-16)24(27,28)29/h3-6,8-9,12-13,21H,1-2,7,11H2,(H,31,35)/t21-/m0/s1. The molecular weight excluding hydrogens is 533 g/mol. The van der Waals surface area contributed by atoms with Crippen molar-refractivity contribution in [2.24, 2.45) is 0 Å². The number of hydrogen-bond donors (Lipinski definition) is 1. The summed E-state index contributed by atoms with van der Waals surface area (Å²) in [4.78, 5) is 19.2. The highest BCUT2D eigenvalue weighted by Gasteiger charge is 2.39. The monoisotopic (exact) mass is 551 g/mol. The number of hydrogen-bond acceptors (Lipinski definition) is 6. The lowest BCUT2D eigenvalue weighted by Gasteiger charge is -2.23. The molecule has 0 bridgehead atoms. The fourth-order valence-corrected chi connectivity index (χ4v) is 5.69. The maximum atomic E-state index is 14.6. The van der Waals surface area contributed by atoms with E-state index in [0.717, 1.165) is 47.0 Å². The summed E-state index contributed by atoms with van der Waals surface area (Å²) in [6.07, 6.45) is -2.58. The first kappa shape index (κ1) is 27.1. The molecule has 0 spiro atoms. The number of halogens is 5. The third-order valence-corrected chi connectivity index (χ3v) is 7.83. The largest absolute Gasteiger partial charge is 0.451 e. The number of sulfonamides is 1. The van der Waals surface area contributed by atoms with Crippen LogP contribution in [0.2, 0.25) is 0 Å². The number of aromatic nitrogens is 2. The summed E-state index contributed by atoms with van der Waals surface area (Å²) >= 11 is 0. The van der Waals surface area contributed by atoms with Crippen molar-refractivity contribution in [2.45, 2.75) is 36.5 Å². The van der Waals surface area contributed by atoms with Crippen LogP contribution >= 0.6 is 0 Å². The van der Waals surface area contributed by atoms with Gasteiger partial charge in [0.1, 0.15) is 17.7 Å². The van der Waals surface area contributed by atoms with Crippen LogP contribution in [0.15, 0.2) is 53.7 Å². The highest BCUT2D eigenvalue weighted by Crippen LogP contribution is 2.30. The molecule has 1 amide bonds. The summed E-state index contributed by atoms with van der Waals surface area (Å²) in [6, 6.07) is 6.96. The summed E-state index contributed by atoms with van der Waals surface area (Å²) < 4.78 is 93.2. The second-order valence-electron chi connectivity index (χ2n) is 8.34. The Labute approximate surface area is 213 Å². The number of benzene rings is 2. The Bertz CT molecular complexity index is 1500. The lowest BCUT2D eigenvalue weighted by Crippen LogP contribution is -2.45. The van der Waals surface area contributed by atoms with Crippen LogP contribution in [0.25, 0.3) is 11.1 Å². The number of rotatable bonds is 6. The van der Waals surface area contributed by atoms with Gasteiger partial charge in [-0.1, -0.05) is 0 Å². The zero-order chi connectivity index (χ0) is 27.7. The molecule has 1 N–H and O–H groups in total. The van der Waals surface area contributed by atoms with E-state index in [1.54, 1.807) is 6.07 Å². The number of carbonyl (C=O) groups is 1. The molecule has 0 saturated carbocycles. The molecule has 8 nitrogen and oxygen atoms in total. The third-order valence-electron chi connectivity index (χ3n) is 5.91. The van der Waals surface area contributed by atoms with Crippen LogP contribution in [-0.4, -0.2) is 41.2 Å². The first-order valence-electron chi connectivity index (χ1n) is 11.1. The van der Waals surface area contributed by atoms with E-state index in [2.05, 4.69) is 15.3 Å². The number of nitrogens with one attached hydrogen (secondary N) is 1. The van der Waals surface area contributed by atoms with Gasteiger partial charge < -0.3 is 5.32 Å². The smallest absolute Gasteiger partial charge is 0.351 e. The van der Waals surface area contributed by atoms with Gasteiger partial charge in [0.15, 0.2) is 0 Å². The molecule has 0 radical (unpaired) electrons. The molecule has 1 fully saturated rings. The van der Waals surface area contributed by atoms with Gasteiger partial charge in [-0.25, -0.2) is 27.2 Å². The van der Waals surface area contributed by atoms with E-state index in [4.69, 9.17) is 0 Å². The second kappa shape index (κ2) is 10.4. The topological polar surface area (TPSA) is 116 Å². The van der Waals surface area contributed by atoms with Crippen molar-refractivity contribution in [3.63, 3.8) is 0 Å². The molecule has 2 heterocycles. The fourth-order valence-electron chi connectivity index (χ4n) is 4.04. The number of nitriles is 1. The molecule has 1 aliphatic rings. The lowest BCUT2D eigenvalue weighted by atomic mass is 10.00. The molecule has 38 heavy (non-hydrogen) atoms. The van der Waals surface area contributed by atoms with E-state index in [-0.39, 0.29) is 46.7 Å². The van der Waals surface area contributed by atoms with Crippen LogP contribution in [0.4, 0.5) is 22.0 Å². The Balaban J connectivity index is 1.55. The zero-order valence-electron chi connectivity index (χ0n) is 19.3. The average Bonchev–Trinajstić information content (AvgIpc) is 3.39. The molecule has 1 saturated heterocycles. The number of nitrogens with zero attached hydrogens (tertiary/aromatic N) is 4. The average molecular weight is 551 g/mol. The van der Waals surface area contributed by atoms with Crippen LogP contribution in [-0.2, 0) is 27.5 Å². The number of alkyl halides is 3. The van der Waals surface area contributed by atoms with Crippen LogP contribution in [0.3, 0.4) is 0 Å². The van der Waals surface area contributed by atoms with E-state index < -0.39 is 45.6 Å². The van der Waals surface area contributed by atoms with Crippen molar-refractivity contribution < 1.29 is 35.2 Å². The molecule has 0 unspecified atom stereocenters. The van der Waals surface area contributed by atoms with Gasteiger partial charge in [-0.3, -0.25) is 4.79 Å². The van der Waals surface area contributed by atoms with Crippen LogP contribution in [0.5, 0.6) is 0 Å². The molecule has 1 aliphatic heterocycles. The highest BCUT2D eigenvalue weighted by atomic mass is 32.2. The molecule has 14 heteroatoms. The summed E-state index contributed by atoms with van der Waals surface area (Å²) in [6.45, 7) is -0.229. The molecule has 0 aliphatic carbocycles. The minimum absolute atomic E-state index is 0.0653. The molecule has 1 aromatic heterocycles. The minimum Gasteiger partial charge on any atom is -0.351 e. The van der Waals surface area contributed by atoms with Gasteiger partial charge >= 0.3 is 6.18 Å². The van der Waals surface area contributed by atoms with Gasteiger partial charge in [0.25, 0.3) is 0 Å². The first-order chi connectivity index (χ1) is 17.9. The van der Waals surface area contributed by atoms with E-state index in [9.17, 15) is 40.4 Å². The van der Waals surface area contributed by atoms with E-state index in [0.29, 0.717) is 6.42 Å². The van der Waals surface area contributed by atoms with Crippen molar-refractivity contribution >= 4 is 15.9 Å². The summed E-state index contributed by atoms with van der Waals surface area (Å²) in [5, 5.41) is 12.0. The zero-order valence-corrected chi connectivity index (χ0v) is 20.2. The second-order valence-corrected chi connectivity index (χ2v) is 10.2. The van der Waals surface area contributed by atoms with Gasteiger partial charge in [0.2, 0.25) is 21.8 Å². The van der Waals surface area contributed by atoms with Crippen molar-refractivity contribution in [3.05, 3.63) is 77.4 Å². The van der Waals surface area contributed by atoms with Crippen molar-refractivity contribution in [2.75, 3.05) is 6.54 Å². The van der Waals surface area contributed by atoms with Gasteiger partial charge in [-0.15, -0.1) is 0 Å². The van der Waals surface area contributed by atoms with Gasteiger partial charge in [-0.05, 0) is 54.8 Å².